The first-order chi connectivity index (χ1) is 72.4. The van der Waals surface area contributed by atoms with Gasteiger partial charge >= 0.3 is 0 Å². The molecule has 0 radical (unpaired) electrons. The van der Waals surface area contributed by atoms with Gasteiger partial charge < -0.3 is 9.13 Å². The van der Waals surface area contributed by atoms with Crippen molar-refractivity contribution in [3.05, 3.63) is 557 Å². The number of benzene rings is 23. The Balaban J connectivity index is 0.610. The molecule has 3 aliphatic carbocycles. The molecule has 3 spiro atoms. The highest BCUT2D eigenvalue weighted by atomic mass is 32.2. The normalized spacial score (nSPS) is 14.1. The molecule has 4 aromatic heterocycles. The molecule has 0 bridgehead atoms. The third kappa shape index (κ3) is 10.8. The van der Waals surface area contributed by atoms with Gasteiger partial charge in [-0.05, 0) is 235 Å². The van der Waals surface area contributed by atoms with E-state index in [9.17, 15) is 0 Å². The molecule has 33 rings (SSSR count). The van der Waals surface area contributed by atoms with Crippen LogP contribution in [0, 0.1) is 0 Å². The number of hydrogen-bond donors (Lipinski definition) is 0. The lowest BCUT2D eigenvalue weighted by molar-refractivity contribution is 0.723. The number of hydrogen-bond acceptors (Lipinski definition) is 5. The second-order valence-electron chi connectivity index (χ2n) is 40.1. The van der Waals surface area contributed by atoms with Gasteiger partial charge in [-0.25, -0.2) is 9.97 Å². The van der Waals surface area contributed by atoms with Crippen molar-refractivity contribution in [1.29, 1.82) is 0 Å². The van der Waals surface area contributed by atoms with Gasteiger partial charge in [0, 0.05) is 106 Å². The maximum atomic E-state index is 5.77. The predicted molar refractivity (Wildman–Crippen MR) is 605 cm³/mol. The van der Waals surface area contributed by atoms with Crippen molar-refractivity contribution in [2.45, 2.75) is 52.0 Å². The maximum absolute atomic E-state index is 5.77. The van der Waals surface area contributed by atoms with E-state index in [4.69, 9.17) is 9.97 Å². The van der Waals surface area contributed by atoms with Crippen molar-refractivity contribution in [2.24, 2.45) is 0 Å². The molecule has 6 aliphatic rings. The topological polar surface area (TPSA) is 40.6 Å². The van der Waals surface area contributed by atoms with Crippen LogP contribution in [0.5, 0.6) is 0 Å². The van der Waals surface area contributed by atoms with E-state index in [2.05, 4.69) is 493 Å². The van der Waals surface area contributed by atoms with Gasteiger partial charge in [-0.3, -0.25) is 4.57 Å². The van der Waals surface area contributed by atoms with Crippen molar-refractivity contribution < 1.29 is 0 Å². The largest absolute Gasteiger partial charge is 0.309 e. The summed E-state index contributed by atoms with van der Waals surface area (Å²) in [5.74, 6) is 1.47. The van der Waals surface area contributed by atoms with Gasteiger partial charge in [0.2, 0.25) is 0 Å². The molecule has 0 unspecified atom stereocenters. The van der Waals surface area contributed by atoms with Crippen LogP contribution in [-0.4, -0.2) is 23.7 Å². The average Bonchev–Trinajstić information content (AvgIpc) is 1.51. The third-order valence-corrected chi connectivity index (χ3v) is 36.6. The molecule has 23 aromatic carbocycles. The van der Waals surface area contributed by atoms with E-state index in [1.807, 2.05) is 35.3 Å². The lowest BCUT2D eigenvalue weighted by Gasteiger charge is -2.39. The molecule has 146 heavy (non-hydrogen) atoms. The lowest BCUT2D eigenvalue weighted by atomic mass is 9.67. The summed E-state index contributed by atoms with van der Waals surface area (Å²) in [5.41, 5.74) is 38.2. The first-order valence-corrected chi connectivity index (χ1v) is 53.0. The summed E-state index contributed by atoms with van der Waals surface area (Å²) in [6.07, 6.45) is 0.663. The average molecular weight is 1910 g/mol. The molecular formula is C138H81N5S3. The van der Waals surface area contributed by atoms with Crippen molar-refractivity contribution >= 4 is 144 Å². The zero-order valence-corrected chi connectivity index (χ0v) is 81.2. The molecule has 27 aromatic rings. The van der Waals surface area contributed by atoms with Gasteiger partial charge in [-0.1, -0.05) is 424 Å². The van der Waals surface area contributed by atoms with Gasteiger partial charge in [-0.15, -0.1) is 0 Å². The second kappa shape index (κ2) is 30.4. The number of fused-ring (bicyclic) bond motifs is 43. The highest BCUT2D eigenvalue weighted by molar-refractivity contribution is 8.00. The Hall–Kier alpha value is -17.4. The smallest absolute Gasteiger partial charge is 0.162 e. The van der Waals surface area contributed by atoms with Crippen LogP contribution in [0.1, 0.15) is 77.9 Å². The van der Waals surface area contributed by atoms with E-state index in [1.54, 1.807) is 0 Å². The SMILES string of the molecule is c1ccc(-c2cc(-n3c4cc5c(cc4c4cc(Cc6ccc(-n7c8cc9c(cc8c8c(-c%10ccc(-n%11c%12cc%13c(cc%12c%12ccc%14ccccc%14c%12%11)Sc%11ccccc%11C%13%11c%12ccccc%12-c%12ccccc%12%11)c%11ccccc%10%11)cc%10ccccc%10c87)Sc7ccccc7C97c8ccccc8-c8ccccc87)cc6)c6ccccc6c43)Sc3ccccc3C53c4ccccc4-c4ccccc43)nc(-c3ccccc3)n2)cc1. The predicted octanol–water partition coefficient (Wildman–Crippen LogP) is 35.5. The molecule has 0 saturated heterocycles. The van der Waals surface area contributed by atoms with Crippen LogP contribution in [0.3, 0.4) is 0 Å². The summed E-state index contributed by atoms with van der Waals surface area (Å²) in [7, 11) is 0. The fourth-order valence-electron chi connectivity index (χ4n) is 27.5. The molecule has 3 aliphatic heterocycles. The highest BCUT2D eigenvalue weighted by Crippen LogP contribution is 2.68. The Kier molecular flexibility index (Phi) is 16.9. The van der Waals surface area contributed by atoms with Gasteiger partial charge in [-0.2, -0.15) is 0 Å². The van der Waals surface area contributed by atoms with Crippen LogP contribution in [0.2, 0.25) is 0 Å². The highest BCUT2D eigenvalue weighted by Gasteiger charge is 2.55. The quantitative estimate of drug-likeness (QED) is 0.152. The molecule has 7 heterocycles. The molecule has 5 nitrogen and oxygen atoms in total. The van der Waals surface area contributed by atoms with Crippen LogP contribution in [0.25, 0.3) is 193 Å². The number of rotatable bonds is 8. The fraction of sp³-hybridized carbons (Fsp3) is 0.0290. The minimum atomic E-state index is -0.643. The lowest BCUT2D eigenvalue weighted by Crippen LogP contribution is -2.32. The molecule has 676 valence electrons. The van der Waals surface area contributed by atoms with Crippen LogP contribution in [0.4, 0.5) is 0 Å². The fourth-order valence-corrected chi connectivity index (χ4v) is 31.1. The van der Waals surface area contributed by atoms with Crippen LogP contribution in [0.15, 0.2) is 509 Å². The van der Waals surface area contributed by atoms with E-state index in [0.29, 0.717) is 12.2 Å². The first kappa shape index (κ1) is 81.2. The Morgan fingerprint density at radius 1 is 0.212 bits per heavy atom. The van der Waals surface area contributed by atoms with Crippen LogP contribution in [-0.2, 0) is 22.7 Å². The minimum Gasteiger partial charge on any atom is -0.309 e. The van der Waals surface area contributed by atoms with E-state index in [1.165, 1.54) is 238 Å². The Morgan fingerprint density at radius 3 is 1.14 bits per heavy atom. The summed E-state index contributed by atoms with van der Waals surface area (Å²) in [5, 5.41) is 16.7. The van der Waals surface area contributed by atoms with Crippen molar-refractivity contribution in [3.63, 3.8) is 0 Å². The summed E-state index contributed by atoms with van der Waals surface area (Å²) < 4.78 is 7.82. The number of nitrogens with zero attached hydrogens (tertiary/aromatic N) is 5. The standard InChI is InChI=1S/C138H81N5S3/c1-3-34-83(35-4-1)119-80-130(140-135(139-119)84-36-5-2-6-37-84)143-122-78-117-128(145-125-61-31-28-58-114(125)137(117)109-53-23-17-45-95(109)96-46-18-24-54-110(96)137)75-103(122)105-73-86(88-39-11-14-50-100(88)133(105)143)71-81-63-66-87(67-64-81)141-123-79-118-129(146-126-62-32-29-59-115(126)138(118)111-55-25-19-47-97(111)98-48-20-26-56-112(98)138)76-106(123)131-104(72-85-38-8-10-41-90(85)134(131)141)92-69-70-120(99-49-13-12-42-91(92)99)142-121-77-116-127(74-102(121)101-68-65-82-33-7-9-40-89(82)132(101)142)144-124-60-30-27-57-113(124)136(116)107-51-21-15-43-93(107)94-44-16-22-52-108(94)136/h1-70,72-80H,71H2. The van der Waals surface area contributed by atoms with Crippen molar-refractivity contribution in [2.75, 3.05) is 0 Å². The van der Waals surface area contributed by atoms with Crippen molar-refractivity contribution in [1.82, 2.24) is 23.7 Å². The summed E-state index contributed by atoms with van der Waals surface area (Å²) in [4.78, 5) is 18.8. The van der Waals surface area contributed by atoms with Gasteiger partial charge in [0.1, 0.15) is 5.82 Å². The molecule has 8 heteroatoms. The Morgan fingerprint density at radius 2 is 0.610 bits per heavy atom. The molecule has 0 saturated carbocycles. The first-order valence-electron chi connectivity index (χ1n) is 50.5. The second-order valence-corrected chi connectivity index (χ2v) is 43.4. The summed E-state index contributed by atoms with van der Waals surface area (Å²) >= 11 is 5.74. The van der Waals surface area contributed by atoms with E-state index in [-0.39, 0.29) is 0 Å². The van der Waals surface area contributed by atoms with Gasteiger partial charge in [0.05, 0.1) is 60.7 Å². The van der Waals surface area contributed by atoms with Crippen molar-refractivity contribution in [3.8, 4) is 84.3 Å². The minimum absolute atomic E-state index is 0.579. The zero-order valence-electron chi connectivity index (χ0n) is 78.8. The third-order valence-electron chi connectivity index (χ3n) is 33.2. The Bertz CT molecular complexity index is 10300. The van der Waals surface area contributed by atoms with E-state index < -0.39 is 16.2 Å². The van der Waals surface area contributed by atoms with E-state index in [0.717, 1.165) is 55.9 Å². The zero-order chi connectivity index (χ0) is 95.1. The summed E-state index contributed by atoms with van der Waals surface area (Å²) in [6.45, 7) is 0. The van der Waals surface area contributed by atoms with Gasteiger partial charge in [0.15, 0.2) is 5.82 Å². The van der Waals surface area contributed by atoms with Crippen LogP contribution < -0.4 is 0 Å². The monoisotopic (exact) mass is 1900 g/mol. The molecule has 0 fully saturated rings. The summed E-state index contributed by atoms with van der Waals surface area (Å²) in [6, 6.07) is 183. The number of aromatic nitrogens is 5. The molecule has 0 atom stereocenters. The molecule has 0 amide bonds. The molecular weight excluding hydrogens is 1820 g/mol. The molecule has 0 N–H and O–H groups in total. The van der Waals surface area contributed by atoms with Gasteiger partial charge in [0.25, 0.3) is 0 Å². The van der Waals surface area contributed by atoms with Crippen LogP contribution >= 0.6 is 35.3 Å². The maximum Gasteiger partial charge on any atom is 0.162 e. The van der Waals surface area contributed by atoms with E-state index >= 15 is 0 Å². The Labute approximate surface area is 854 Å².